The van der Waals surface area contributed by atoms with Crippen LogP contribution in [0.15, 0.2) is 48.5 Å². The van der Waals surface area contributed by atoms with Crippen molar-refractivity contribution in [2.75, 3.05) is 12.4 Å². The Balaban J connectivity index is 1.61. The molecule has 1 aliphatic carbocycles. The zero-order valence-electron chi connectivity index (χ0n) is 13.8. The van der Waals surface area contributed by atoms with E-state index in [1.54, 1.807) is 37.4 Å². The van der Waals surface area contributed by atoms with Crippen molar-refractivity contribution < 1.29 is 14.3 Å². The fourth-order valence-corrected chi connectivity index (χ4v) is 2.80. The maximum Gasteiger partial charge on any atom is 0.240 e. The van der Waals surface area contributed by atoms with E-state index in [4.69, 9.17) is 16.3 Å². The van der Waals surface area contributed by atoms with Crippen LogP contribution in [0.5, 0.6) is 5.75 Å². The lowest BCUT2D eigenvalue weighted by atomic mass is 10.0. The van der Waals surface area contributed by atoms with Gasteiger partial charge in [0.1, 0.15) is 11.2 Å². The minimum Gasteiger partial charge on any atom is -0.497 e. The number of nitrogens with one attached hydrogen (secondary N) is 2. The maximum atomic E-state index is 12.5. The predicted octanol–water partition coefficient (Wildman–Crippen LogP) is 3.38. The minimum atomic E-state index is -0.985. The third kappa shape index (κ3) is 3.77. The van der Waals surface area contributed by atoms with Gasteiger partial charge in [-0.3, -0.25) is 9.59 Å². The smallest absolute Gasteiger partial charge is 0.240 e. The van der Waals surface area contributed by atoms with Gasteiger partial charge in [-0.15, -0.1) is 0 Å². The molecule has 1 saturated carbocycles. The first kappa shape index (κ1) is 17.3. The lowest BCUT2D eigenvalue weighted by Gasteiger charge is -2.16. The Morgan fingerprint density at radius 3 is 2.36 bits per heavy atom. The van der Waals surface area contributed by atoms with Crippen LogP contribution in [-0.2, 0) is 16.1 Å². The highest BCUT2D eigenvalue weighted by Crippen LogP contribution is 2.47. The summed E-state index contributed by atoms with van der Waals surface area (Å²) in [4.78, 5) is 25.1. The van der Waals surface area contributed by atoms with Crippen molar-refractivity contribution in [3.05, 3.63) is 59.1 Å². The number of carbonyl (C=O) groups excluding carboxylic acids is 2. The zero-order valence-corrected chi connectivity index (χ0v) is 14.6. The fourth-order valence-electron chi connectivity index (χ4n) is 2.59. The number of carbonyl (C=O) groups is 2. The number of anilines is 1. The maximum absolute atomic E-state index is 12.5. The summed E-state index contributed by atoms with van der Waals surface area (Å²) in [5.41, 5.74) is 0.473. The molecule has 2 N–H and O–H groups in total. The monoisotopic (exact) mass is 358 g/mol. The number of hydrogen-bond acceptors (Lipinski definition) is 3. The molecule has 0 aromatic heterocycles. The highest BCUT2D eigenvalue weighted by molar-refractivity contribution is 6.31. The van der Waals surface area contributed by atoms with Crippen molar-refractivity contribution in [3.8, 4) is 5.75 Å². The topological polar surface area (TPSA) is 67.4 Å². The standard InChI is InChI=1S/C19H19ClN2O3/c1-25-15-8-6-14(7-9-15)22-18(24)19(10-11-19)17(23)21-12-13-4-2-3-5-16(13)20/h2-9H,10-12H2,1H3,(H,21,23)(H,22,24). The van der Waals surface area contributed by atoms with Crippen LogP contribution in [0.3, 0.4) is 0 Å². The Bertz CT molecular complexity index is 786. The molecule has 1 fully saturated rings. The number of benzene rings is 2. The summed E-state index contributed by atoms with van der Waals surface area (Å²) in [7, 11) is 1.58. The van der Waals surface area contributed by atoms with Crippen molar-refractivity contribution in [1.29, 1.82) is 0 Å². The van der Waals surface area contributed by atoms with E-state index in [9.17, 15) is 9.59 Å². The molecule has 25 heavy (non-hydrogen) atoms. The van der Waals surface area contributed by atoms with Crippen LogP contribution < -0.4 is 15.4 Å². The molecular weight excluding hydrogens is 340 g/mol. The van der Waals surface area contributed by atoms with Gasteiger partial charge in [-0.2, -0.15) is 0 Å². The van der Waals surface area contributed by atoms with Crippen LogP contribution in [0, 0.1) is 5.41 Å². The van der Waals surface area contributed by atoms with E-state index in [2.05, 4.69) is 10.6 Å². The van der Waals surface area contributed by atoms with Crippen molar-refractivity contribution >= 4 is 29.1 Å². The van der Waals surface area contributed by atoms with Crippen LogP contribution in [0.25, 0.3) is 0 Å². The molecule has 2 amide bonds. The normalized spacial score (nSPS) is 14.5. The SMILES string of the molecule is COc1ccc(NC(=O)C2(C(=O)NCc3ccccc3Cl)CC2)cc1. The third-order valence-electron chi connectivity index (χ3n) is 4.36. The van der Waals surface area contributed by atoms with Gasteiger partial charge in [0, 0.05) is 17.3 Å². The van der Waals surface area contributed by atoms with Crippen LogP contribution >= 0.6 is 11.6 Å². The molecule has 0 aliphatic heterocycles. The Labute approximate surface area is 151 Å². The van der Waals surface area contributed by atoms with Gasteiger partial charge in [-0.1, -0.05) is 29.8 Å². The Morgan fingerprint density at radius 2 is 1.76 bits per heavy atom. The molecule has 0 bridgehead atoms. The van der Waals surface area contributed by atoms with Gasteiger partial charge < -0.3 is 15.4 Å². The first-order chi connectivity index (χ1) is 12.0. The molecule has 1 aliphatic rings. The summed E-state index contributed by atoms with van der Waals surface area (Å²) in [5.74, 6) is 0.157. The summed E-state index contributed by atoms with van der Waals surface area (Å²) >= 11 is 6.09. The van der Waals surface area contributed by atoms with Gasteiger partial charge in [0.25, 0.3) is 0 Å². The average molecular weight is 359 g/mol. The molecule has 0 heterocycles. The average Bonchev–Trinajstić information content (AvgIpc) is 3.43. The third-order valence-corrected chi connectivity index (χ3v) is 4.73. The lowest BCUT2D eigenvalue weighted by molar-refractivity contribution is -0.134. The molecule has 2 aromatic rings. The van der Waals surface area contributed by atoms with Gasteiger partial charge in [-0.25, -0.2) is 0 Å². The van der Waals surface area contributed by atoms with Gasteiger partial charge in [0.05, 0.1) is 7.11 Å². The van der Waals surface area contributed by atoms with E-state index in [-0.39, 0.29) is 11.8 Å². The van der Waals surface area contributed by atoms with Crippen molar-refractivity contribution in [2.24, 2.45) is 5.41 Å². The summed E-state index contributed by atoms with van der Waals surface area (Å²) in [6, 6.07) is 14.3. The van der Waals surface area contributed by atoms with Crippen molar-refractivity contribution in [1.82, 2.24) is 5.32 Å². The zero-order chi connectivity index (χ0) is 17.9. The van der Waals surface area contributed by atoms with Gasteiger partial charge in [0.15, 0.2) is 0 Å². The first-order valence-corrected chi connectivity index (χ1v) is 8.40. The van der Waals surface area contributed by atoms with Crippen molar-refractivity contribution in [2.45, 2.75) is 19.4 Å². The fraction of sp³-hybridized carbons (Fsp3) is 0.263. The van der Waals surface area contributed by atoms with Gasteiger partial charge in [0.2, 0.25) is 11.8 Å². The second-order valence-electron chi connectivity index (χ2n) is 6.04. The van der Waals surface area contributed by atoms with E-state index in [0.717, 1.165) is 5.56 Å². The van der Waals surface area contributed by atoms with E-state index in [1.807, 2.05) is 18.2 Å². The quantitative estimate of drug-likeness (QED) is 0.778. The van der Waals surface area contributed by atoms with Gasteiger partial charge >= 0.3 is 0 Å². The van der Waals surface area contributed by atoms with Crippen molar-refractivity contribution in [3.63, 3.8) is 0 Å². The molecular formula is C19H19ClN2O3. The molecule has 0 atom stereocenters. The summed E-state index contributed by atoms with van der Waals surface area (Å²) < 4.78 is 5.09. The Morgan fingerprint density at radius 1 is 1.08 bits per heavy atom. The molecule has 3 rings (SSSR count). The highest BCUT2D eigenvalue weighted by Gasteiger charge is 2.56. The Kier molecular flexibility index (Phi) is 4.95. The molecule has 5 nitrogen and oxygen atoms in total. The molecule has 6 heteroatoms. The largest absolute Gasteiger partial charge is 0.497 e. The summed E-state index contributed by atoms with van der Waals surface area (Å²) in [6.45, 7) is 0.302. The van der Waals surface area contributed by atoms with Crippen LogP contribution in [0.2, 0.25) is 5.02 Å². The van der Waals surface area contributed by atoms with Crippen LogP contribution in [0.1, 0.15) is 18.4 Å². The summed E-state index contributed by atoms with van der Waals surface area (Å²) in [6.07, 6.45) is 1.09. The lowest BCUT2D eigenvalue weighted by Crippen LogP contribution is -2.39. The second-order valence-corrected chi connectivity index (χ2v) is 6.45. The molecule has 0 spiro atoms. The minimum absolute atomic E-state index is 0.265. The van der Waals surface area contributed by atoms with Gasteiger partial charge in [-0.05, 0) is 48.7 Å². The number of amides is 2. The number of rotatable bonds is 6. The number of ether oxygens (including phenoxy) is 1. The Hall–Kier alpha value is -2.53. The number of halogens is 1. The predicted molar refractivity (Wildman–Crippen MR) is 96.6 cm³/mol. The van der Waals surface area contributed by atoms with Crippen LogP contribution in [-0.4, -0.2) is 18.9 Å². The molecule has 0 saturated heterocycles. The molecule has 0 radical (unpaired) electrons. The molecule has 0 unspecified atom stereocenters. The second kappa shape index (κ2) is 7.15. The molecule has 2 aromatic carbocycles. The molecule has 130 valence electrons. The van der Waals surface area contributed by atoms with E-state index in [1.165, 1.54) is 0 Å². The highest BCUT2D eigenvalue weighted by atomic mass is 35.5. The summed E-state index contributed by atoms with van der Waals surface area (Å²) in [5, 5.41) is 6.22. The van der Waals surface area contributed by atoms with E-state index in [0.29, 0.717) is 35.8 Å². The van der Waals surface area contributed by atoms with E-state index >= 15 is 0 Å². The number of methoxy groups -OCH3 is 1. The van der Waals surface area contributed by atoms with Crippen LogP contribution in [0.4, 0.5) is 5.69 Å². The first-order valence-electron chi connectivity index (χ1n) is 8.02. The van der Waals surface area contributed by atoms with E-state index < -0.39 is 5.41 Å². The number of hydrogen-bond donors (Lipinski definition) is 2.